The van der Waals surface area contributed by atoms with Gasteiger partial charge in [-0.15, -0.1) is 0 Å². The lowest BCUT2D eigenvalue weighted by atomic mass is 10.1. The Labute approximate surface area is 674 Å². The molecule has 6 atom stereocenters. The van der Waals surface area contributed by atoms with Gasteiger partial charge in [0.15, 0.2) is 16.9 Å². The maximum Gasteiger partial charge on any atom is 0.343 e. The molecule has 0 spiro atoms. The number of fused-ring (bicyclic) bond motifs is 4. The Bertz CT molecular complexity index is 4570. The van der Waals surface area contributed by atoms with Gasteiger partial charge in [0.05, 0.1) is 68.7 Å². The van der Waals surface area contributed by atoms with Crippen molar-refractivity contribution in [2.45, 2.75) is 253 Å². The molecule has 0 saturated carbocycles. The predicted octanol–water partition coefficient (Wildman–Crippen LogP) is 17.4. The lowest BCUT2D eigenvalue weighted by Gasteiger charge is -2.23. The van der Waals surface area contributed by atoms with Gasteiger partial charge in [0.25, 0.3) is 5.91 Å². The highest BCUT2D eigenvalue weighted by molar-refractivity contribution is 6.00. The Kier molecular flexibility index (Phi) is 39.7. The number of benzene rings is 3. The summed E-state index contributed by atoms with van der Waals surface area (Å²) in [7, 11) is 0. The van der Waals surface area contributed by atoms with E-state index >= 15 is 0 Å². The Morgan fingerprint density at radius 1 is 0.583 bits per heavy atom. The second kappa shape index (κ2) is 45.7. The van der Waals surface area contributed by atoms with Crippen LogP contribution in [0.5, 0.6) is 17.2 Å². The monoisotopic (exact) mass is 1610 g/mol. The zero-order valence-corrected chi connectivity index (χ0v) is 66.7. The lowest BCUT2D eigenvalue weighted by molar-refractivity contribution is -0.156. The summed E-state index contributed by atoms with van der Waals surface area (Å²) in [6, 6.07) is 16.5. The van der Waals surface area contributed by atoms with Crippen molar-refractivity contribution in [3.8, 4) is 17.2 Å². The van der Waals surface area contributed by atoms with Crippen LogP contribution in [0.15, 0.2) is 110 Å². The number of aliphatic hydroxyl groups is 1. The number of anilines is 3. The van der Waals surface area contributed by atoms with Gasteiger partial charge in [-0.3, -0.25) is 19.2 Å². The van der Waals surface area contributed by atoms with Crippen molar-refractivity contribution in [2.24, 2.45) is 5.92 Å². The van der Waals surface area contributed by atoms with E-state index in [1.807, 2.05) is 90.0 Å². The molecule has 0 saturated heterocycles. The highest BCUT2D eigenvalue weighted by atomic mass is 19.1. The molecule has 9 aromatic rings. The molecule has 6 aromatic heterocycles. The van der Waals surface area contributed by atoms with Crippen molar-refractivity contribution in [1.82, 2.24) is 49.1 Å². The summed E-state index contributed by atoms with van der Waals surface area (Å²) in [5, 5.41) is 43.5. The minimum absolute atomic E-state index is 0. The number of aliphatic hydroxyl groups excluding tert-OH is 1. The number of aromatic nitrogens is 9. The maximum atomic E-state index is 14.2. The Balaban J connectivity index is 0.000000511. The number of phenols is 1. The molecule has 0 radical (unpaired) electrons. The summed E-state index contributed by atoms with van der Waals surface area (Å²) in [6.45, 7) is 35.9. The van der Waals surface area contributed by atoms with E-state index in [1.54, 1.807) is 76.6 Å². The third-order valence-electron chi connectivity index (χ3n) is 15.7. The van der Waals surface area contributed by atoms with Crippen LogP contribution >= 0.6 is 0 Å². The maximum absolute atomic E-state index is 14.2. The molecule has 10 rings (SSSR count). The Morgan fingerprint density at radius 3 is 1.52 bits per heavy atom. The molecule has 2 bridgehead atoms. The van der Waals surface area contributed by atoms with E-state index < -0.39 is 53.0 Å². The molecule has 3 aromatic carbocycles. The highest BCUT2D eigenvalue weighted by Crippen LogP contribution is 2.33. The predicted molar refractivity (Wildman–Crippen MR) is 439 cm³/mol. The first-order valence-corrected chi connectivity index (χ1v) is 36.8. The van der Waals surface area contributed by atoms with Gasteiger partial charge in [-0.05, 0) is 216 Å². The number of carbonyl (C=O) groups is 6. The molecule has 31 heteroatoms. The van der Waals surface area contributed by atoms with E-state index in [0.717, 1.165) is 6.42 Å². The fourth-order valence-electron chi connectivity index (χ4n) is 10.5. The molecule has 6 N–H and O–H groups in total. The standard InChI is InChI=1S/C26H33FN4O5.C18H18FN5O2.C17H17FN4O3.C10H20O2.C9H18O3.4CH4/c1-7-34-25(33)20-15-28-31-13-12-22(30-24(20)31)29-17(3)19-14-18(27)9-10-21(19)35-16(2)8-11-23(32)36-26(4,5)6;1-10-8-20-18(25)14-9-21-24-6-5-16(23-17(14)24)22-11(2)13-7-12(19)3-4-15(13)26-10;1-3-25-17(24)13-9-19-22-7-6-15(21-16(13)22)20-10(2)12-8-11(18)4-5-14(12)23;1-8(2)6-7-9(11)12-10(3,4)5;1-7(10)5-6-8(11)12-9(2,3)4;;;;/h9-10,12-17H,7-8,11H2,1-6H3,(H,29,30);3-7,9-11H,8H2,1-2H3,(H,20,25)(H,22,23);4-10,23H,3H2,1-2H3,(H,20,21);8H,6-7H2,1-5H3;7,10H,5-6H2,1-4H3;4*1H4/t16-,17+;10-,11+;10-;;7-;;;;/m001.1..../s1. The smallest absolute Gasteiger partial charge is 0.343 e. The van der Waals surface area contributed by atoms with Gasteiger partial charge in [-0.2, -0.15) is 15.3 Å². The van der Waals surface area contributed by atoms with E-state index in [9.17, 15) is 47.0 Å². The van der Waals surface area contributed by atoms with Gasteiger partial charge in [0.1, 0.15) is 91.8 Å². The van der Waals surface area contributed by atoms with Crippen LogP contribution in [-0.2, 0) is 38.1 Å². The van der Waals surface area contributed by atoms with Crippen LogP contribution in [0.3, 0.4) is 0 Å². The fraction of sp³-hybridized carbons (Fsp3) is 0.500. The molecule has 0 unspecified atom stereocenters. The van der Waals surface area contributed by atoms with Crippen LogP contribution in [0.4, 0.5) is 30.6 Å². The average Bonchev–Trinajstić information content (AvgIpc) is 1.70. The molecule has 1 aliphatic heterocycles. The number of ether oxygens (including phenoxy) is 7. The van der Waals surface area contributed by atoms with Gasteiger partial charge in [-0.1, -0.05) is 43.6 Å². The number of hydrogen-bond donors (Lipinski definition) is 6. The quantitative estimate of drug-likeness (QED) is 0.0287. The summed E-state index contributed by atoms with van der Waals surface area (Å²) < 4.78 is 83.4. The second-order valence-electron chi connectivity index (χ2n) is 29.7. The minimum atomic E-state index is -0.544. The average molecular weight is 1610 g/mol. The van der Waals surface area contributed by atoms with Crippen LogP contribution in [0.1, 0.15) is 266 Å². The number of esters is 5. The molecular weight excluding hydrogens is 1490 g/mol. The summed E-state index contributed by atoms with van der Waals surface area (Å²) >= 11 is 0. The van der Waals surface area contributed by atoms with Gasteiger partial charge < -0.3 is 64.6 Å². The molecule has 634 valence electrons. The lowest BCUT2D eigenvalue weighted by Crippen LogP contribution is -2.33. The zero-order chi connectivity index (χ0) is 82.2. The van der Waals surface area contributed by atoms with Crippen LogP contribution in [0.25, 0.3) is 16.9 Å². The van der Waals surface area contributed by atoms with Crippen LogP contribution in [0.2, 0.25) is 0 Å². The first-order chi connectivity index (χ1) is 52.1. The number of hydrogen-bond acceptors (Lipinski definition) is 24. The van der Waals surface area contributed by atoms with Crippen molar-refractivity contribution in [3.63, 3.8) is 0 Å². The third-order valence-corrected chi connectivity index (χ3v) is 15.7. The minimum Gasteiger partial charge on any atom is -0.508 e. The Hall–Kier alpha value is -11.1. The van der Waals surface area contributed by atoms with Crippen LogP contribution in [-0.4, -0.2) is 145 Å². The molecule has 115 heavy (non-hydrogen) atoms. The number of rotatable bonds is 21. The number of aromatic hydroxyl groups is 1. The van der Waals surface area contributed by atoms with E-state index in [2.05, 4.69) is 65.4 Å². The first-order valence-electron chi connectivity index (χ1n) is 36.8. The first kappa shape index (κ1) is 100.0. The number of nitrogens with one attached hydrogen (secondary N) is 4. The van der Waals surface area contributed by atoms with Gasteiger partial charge >= 0.3 is 29.8 Å². The SMILES string of the molecule is C.C.C.C.CC(C)CCC(=O)OC(C)(C)C.CCOC(=O)c1cnn2ccc(N[C@H](C)c3cc(F)ccc3O)nc12.CCOC(=O)c1cnn2ccc(N[C@H](C)c3cc(F)ccc3O[C@@H](C)CCC(=O)OC(C)(C)C)nc12.C[C@@H](O)CCC(=O)OC(C)(C)C.C[C@H]1CNC(=O)c2cnn3ccc(nc23)N[C@H](C)c2cc(F)ccc2O1. The molecule has 28 nitrogen and oxygen atoms in total. The number of nitrogens with zero attached hydrogens (tertiary/aromatic N) is 9. The normalized spacial score (nSPS) is 14.0. The number of carbonyl (C=O) groups excluding carboxylic acids is 6. The van der Waals surface area contributed by atoms with Crippen molar-refractivity contribution < 1.29 is 85.3 Å². The van der Waals surface area contributed by atoms with Gasteiger partial charge in [0, 0.05) is 54.5 Å². The molecule has 0 fully saturated rings. The number of halogens is 3. The van der Waals surface area contributed by atoms with E-state index in [4.69, 9.17) is 38.3 Å². The van der Waals surface area contributed by atoms with Crippen LogP contribution < -0.4 is 30.7 Å². The Morgan fingerprint density at radius 2 is 1.03 bits per heavy atom. The third kappa shape index (κ3) is 32.7. The van der Waals surface area contributed by atoms with Crippen molar-refractivity contribution >= 4 is 70.1 Å². The molecule has 1 aliphatic rings. The molecular formula is C84H122F3N13O15. The van der Waals surface area contributed by atoms with Gasteiger partial charge in [0.2, 0.25) is 0 Å². The van der Waals surface area contributed by atoms with Crippen LogP contribution in [0, 0.1) is 23.4 Å². The number of amides is 1. The summed E-state index contributed by atoms with van der Waals surface area (Å²) in [6.07, 6.45) is 11.2. The molecule has 7 heterocycles. The summed E-state index contributed by atoms with van der Waals surface area (Å²) in [5.41, 5.74) is 2.40. The summed E-state index contributed by atoms with van der Waals surface area (Å²) in [4.78, 5) is 84.2. The van der Waals surface area contributed by atoms with Crippen molar-refractivity contribution in [3.05, 3.63) is 161 Å². The zero-order valence-electron chi connectivity index (χ0n) is 66.7. The van der Waals surface area contributed by atoms with Gasteiger partial charge in [-0.25, -0.2) is 51.3 Å². The fourth-order valence-corrected chi connectivity index (χ4v) is 10.5. The topological polar surface area (TPSA) is 346 Å². The molecule has 1 amide bonds. The highest BCUT2D eigenvalue weighted by Gasteiger charge is 2.26. The van der Waals surface area contributed by atoms with E-state index in [0.29, 0.717) is 99.9 Å². The largest absolute Gasteiger partial charge is 0.508 e. The van der Waals surface area contributed by atoms with E-state index in [1.165, 1.54) is 74.6 Å². The van der Waals surface area contributed by atoms with E-state index in [-0.39, 0.29) is 126 Å². The van der Waals surface area contributed by atoms with Crippen molar-refractivity contribution in [2.75, 3.05) is 35.7 Å². The molecule has 0 aliphatic carbocycles. The summed E-state index contributed by atoms with van der Waals surface area (Å²) in [5.74, 6) is -0.00879. The second-order valence-corrected chi connectivity index (χ2v) is 29.7. The van der Waals surface area contributed by atoms with Crippen molar-refractivity contribution in [1.29, 1.82) is 0 Å². The number of phenolic OH excluding ortho intramolecular Hbond substituents is 1.